The molecule has 0 spiro atoms. The van der Waals surface area contributed by atoms with E-state index in [1.54, 1.807) is 13.8 Å². The molecule has 2 rings (SSSR count). The van der Waals surface area contributed by atoms with E-state index in [-0.39, 0.29) is 11.8 Å². The molecule has 0 aromatic rings. The molecule has 10 atom stereocenters. The predicted molar refractivity (Wildman–Crippen MR) is 136 cm³/mol. The first-order valence-electron chi connectivity index (χ1n) is 13.2. The van der Waals surface area contributed by atoms with Gasteiger partial charge in [-0.05, 0) is 73.0 Å². The summed E-state index contributed by atoms with van der Waals surface area (Å²) in [5, 5.41) is 0. The summed E-state index contributed by atoms with van der Waals surface area (Å²) in [5.41, 5.74) is 0. The molecule has 0 amide bonds. The zero-order valence-electron chi connectivity index (χ0n) is 23.5. The van der Waals surface area contributed by atoms with E-state index in [2.05, 4.69) is 83.1 Å². The van der Waals surface area contributed by atoms with E-state index in [4.69, 9.17) is 0 Å². The van der Waals surface area contributed by atoms with Crippen LogP contribution in [0.3, 0.4) is 0 Å². The standard InChI is InChI=1S/2C13H24O.C3H8/c2*1-7-8(2)10(4)13(9(7)3)11(5)12(6)14;1-3-2/h2*7-11,13H,1-6H3;3H2,1-2H3. The molecular formula is C29H56O2. The van der Waals surface area contributed by atoms with Crippen molar-refractivity contribution in [1.29, 1.82) is 0 Å². The van der Waals surface area contributed by atoms with Gasteiger partial charge in [0.1, 0.15) is 11.6 Å². The molecule has 2 nitrogen and oxygen atoms in total. The molecule has 2 aliphatic rings. The molecule has 0 N–H and O–H groups in total. The smallest absolute Gasteiger partial charge is 0.132 e. The minimum atomic E-state index is 0.243. The summed E-state index contributed by atoms with van der Waals surface area (Å²) in [6, 6.07) is 0. The lowest BCUT2D eigenvalue weighted by Gasteiger charge is -2.26. The number of carbonyl (C=O) groups excluding carboxylic acids is 2. The molecule has 2 fully saturated rings. The Morgan fingerprint density at radius 1 is 0.516 bits per heavy atom. The van der Waals surface area contributed by atoms with Gasteiger partial charge in [0, 0.05) is 11.8 Å². The Morgan fingerprint density at radius 3 is 0.806 bits per heavy atom. The fourth-order valence-electron chi connectivity index (χ4n) is 6.64. The highest BCUT2D eigenvalue weighted by molar-refractivity contribution is 5.78. The average molecular weight is 437 g/mol. The molecule has 0 aliphatic heterocycles. The Kier molecular flexibility index (Phi) is 12.9. The lowest BCUT2D eigenvalue weighted by atomic mass is 9.78. The first-order valence-corrected chi connectivity index (χ1v) is 13.2. The molecule has 184 valence electrons. The molecule has 31 heavy (non-hydrogen) atoms. The second-order valence-corrected chi connectivity index (χ2v) is 11.5. The molecule has 2 aliphatic carbocycles. The number of carbonyl (C=O) groups is 2. The van der Waals surface area contributed by atoms with Gasteiger partial charge in [-0.15, -0.1) is 0 Å². The Balaban J connectivity index is 0.000000516. The van der Waals surface area contributed by atoms with Gasteiger partial charge in [0.25, 0.3) is 0 Å². The van der Waals surface area contributed by atoms with Gasteiger partial charge in [-0.2, -0.15) is 0 Å². The molecule has 0 saturated heterocycles. The van der Waals surface area contributed by atoms with E-state index < -0.39 is 0 Å². The molecule has 0 bridgehead atoms. The number of hydrogen-bond donors (Lipinski definition) is 0. The van der Waals surface area contributed by atoms with Crippen molar-refractivity contribution in [2.45, 2.75) is 103 Å². The Morgan fingerprint density at radius 2 is 0.677 bits per heavy atom. The van der Waals surface area contributed by atoms with E-state index >= 15 is 0 Å². The lowest BCUT2D eigenvalue weighted by Crippen LogP contribution is -2.26. The van der Waals surface area contributed by atoms with Crippen LogP contribution in [0, 0.1) is 71.0 Å². The fourth-order valence-corrected chi connectivity index (χ4v) is 6.64. The van der Waals surface area contributed by atoms with E-state index in [0.717, 1.165) is 23.7 Å². The second-order valence-electron chi connectivity index (χ2n) is 11.5. The van der Waals surface area contributed by atoms with Gasteiger partial charge in [-0.3, -0.25) is 9.59 Å². The van der Waals surface area contributed by atoms with Gasteiger partial charge >= 0.3 is 0 Å². The van der Waals surface area contributed by atoms with Crippen molar-refractivity contribution < 1.29 is 9.59 Å². The van der Waals surface area contributed by atoms with Gasteiger partial charge in [-0.25, -0.2) is 0 Å². The zero-order chi connectivity index (χ0) is 24.8. The topological polar surface area (TPSA) is 34.1 Å². The van der Waals surface area contributed by atoms with Gasteiger partial charge in [0.05, 0.1) is 0 Å². The Hall–Kier alpha value is -0.660. The van der Waals surface area contributed by atoms with Gasteiger partial charge < -0.3 is 0 Å². The van der Waals surface area contributed by atoms with Gasteiger partial charge in [-0.1, -0.05) is 89.5 Å². The van der Waals surface area contributed by atoms with Crippen molar-refractivity contribution in [1.82, 2.24) is 0 Å². The molecule has 2 heteroatoms. The second kappa shape index (κ2) is 13.1. The summed E-state index contributed by atoms with van der Waals surface area (Å²) in [7, 11) is 0. The average Bonchev–Trinajstić information content (AvgIpc) is 3.01. The highest BCUT2D eigenvalue weighted by atomic mass is 16.1. The van der Waals surface area contributed by atoms with Crippen molar-refractivity contribution in [2.24, 2.45) is 71.0 Å². The monoisotopic (exact) mass is 436 g/mol. The molecule has 10 unspecified atom stereocenters. The highest BCUT2D eigenvalue weighted by Crippen LogP contribution is 2.49. The third-order valence-corrected chi connectivity index (χ3v) is 9.84. The summed E-state index contributed by atoms with van der Waals surface area (Å²) in [6.07, 6.45) is 1.25. The maximum Gasteiger partial charge on any atom is 0.132 e. The normalized spacial score (nSPS) is 41.4. The van der Waals surface area contributed by atoms with E-state index in [9.17, 15) is 9.59 Å². The van der Waals surface area contributed by atoms with Crippen LogP contribution < -0.4 is 0 Å². The summed E-state index contributed by atoms with van der Waals surface area (Å²) in [6.45, 7) is 30.5. The zero-order valence-corrected chi connectivity index (χ0v) is 23.5. The third kappa shape index (κ3) is 7.16. The molecule has 0 aromatic carbocycles. The first kappa shape index (κ1) is 30.3. The van der Waals surface area contributed by atoms with Gasteiger partial charge in [0.2, 0.25) is 0 Å². The molecular weight excluding hydrogens is 380 g/mol. The third-order valence-electron chi connectivity index (χ3n) is 9.84. The quantitative estimate of drug-likeness (QED) is 0.445. The number of Topliss-reactive ketones (excluding diaryl/α,β-unsaturated/α-hetero) is 2. The number of ketones is 2. The summed E-state index contributed by atoms with van der Waals surface area (Å²) < 4.78 is 0. The molecule has 2 saturated carbocycles. The van der Waals surface area contributed by atoms with Crippen molar-refractivity contribution in [3.63, 3.8) is 0 Å². The predicted octanol–water partition coefficient (Wildman–Crippen LogP) is 8.19. The summed E-state index contributed by atoms with van der Waals surface area (Å²) >= 11 is 0. The molecule has 0 heterocycles. The maximum atomic E-state index is 11.4. The van der Waals surface area contributed by atoms with E-state index in [0.29, 0.717) is 47.1 Å². The van der Waals surface area contributed by atoms with Crippen LogP contribution >= 0.6 is 0 Å². The first-order chi connectivity index (χ1) is 14.2. The van der Waals surface area contributed by atoms with Crippen LogP contribution in [-0.2, 0) is 9.59 Å². The summed E-state index contributed by atoms with van der Waals surface area (Å²) in [5.74, 6) is 8.21. The minimum absolute atomic E-state index is 0.243. The molecule has 0 aromatic heterocycles. The largest absolute Gasteiger partial charge is 0.300 e. The van der Waals surface area contributed by atoms with Crippen LogP contribution in [-0.4, -0.2) is 11.6 Å². The SMILES string of the molecule is CC(=O)C(C)C1C(C)C(C)C(C)C1C.CC(=O)C(C)C1C(C)C(C)C(C)C1C.CCC. The van der Waals surface area contributed by atoms with Crippen molar-refractivity contribution in [3.8, 4) is 0 Å². The lowest BCUT2D eigenvalue weighted by molar-refractivity contribution is -0.123. The van der Waals surface area contributed by atoms with E-state index in [1.165, 1.54) is 6.42 Å². The Bertz CT molecular complexity index is 477. The van der Waals surface area contributed by atoms with Crippen molar-refractivity contribution in [3.05, 3.63) is 0 Å². The summed E-state index contributed by atoms with van der Waals surface area (Å²) in [4.78, 5) is 22.9. The van der Waals surface area contributed by atoms with Crippen LogP contribution in [0.2, 0.25) is 0 Å². The highest BCUT2D eigenvalue weighted by Gasteiger charge is 2.45. The van der Waals surface area contributed by atoms with Crippen LogP contribution in [0.25, 0.3) is 0 Å². The van der Waals surface area contributed by atoms with Crippen molar-refractivity contribution in [2.75, 3.05) is 0 Å². The fraction of sp³-hybridized carbons (Fsp3) is 0.931. The Labute approximate surface area is 195 Å². The van der Waals surface area contributed by atoms with Crippen molar-refractivity contribution >= 4 is 11.6 Å². The van der Waals surface area contributed by atoms with Crippen LogP contribution in [0.1, 0.15) is 103 Å². The number of hydrogen-bond acceptors (Lipinski definition) is 2. The van der Waals surface area contributed by atoms with E-state index in [1.807, 2.05) is 0 Å². The van der Waals surface area contributed by atoms with Crippen LogP contribution in [0.4, 0.5) is 0 Å². The van der Waals surface area contributed by atoms with Gasteiger partial charge in [0.15, 0.2) is 0 Å². The maximum absolute atomic E-state index is 11.4. The minimum Gasteiger partial charge on any atom is -0.300 e. The number of rotatable bonds is 4. The van der Waals surface area contributed by atoms with Crippen LogP contribution in [0.5, 0.6) is 0 Å². The van der Waals surface area contributed by atoms with Crippen LogP contribution in [0.15, 0.2) is 0 Å². The molecule has 0 radical (unpaired) electrons.